The second-order valence-corrected chi connectivity index (χ2v) is 6.79. The Morgan fingerprint density at radius 3 is 2.75 bits per heavy atom. The third-order valence-electron chi connectivity index (χ3n) is 2.07. The molecule has 0 aromatic carbocycles. The largest absolute Gasteiger partial charge is 0.312 e. The molecule has 1 heterocycles. The second kappa shape index (κ2) is 6.25. The molecule has 1 rings (SSSR count). The van der Waals surface area contributed by atoms with Gasteiger partial charge in [-0.2, -0.15) is 11.8 Å². The summed E-state index contributed by atoms with van der Waals surface area (Å²) in [6.45, 7) is 10.8. The zero-order valence-electron chi connectivity index (χ0n) is 10.6. The van der Waals surface area contributed by atoms with Gasteiger partial charge >= 0.3 is 0 Å². The smallest absolute Gasteiger partial charge is 0.0692 e. The van der Waals surface area contributed by atoms with Gasteiger partial charge in [-0.3, -0.25) is 4.68 Å². The first kappa shape index (κ1) is 13.5. The van der Waals surface area contributed by atoms with Crippen molar-refractivity contribution in [1.82, 2.24) is 20.3 Å². The first-order chi connectivity index (χ1) is 7.47. The van der Waals surface area contributed by atoms with Crippen LogP contribution in [0.1, 0.15) is 27.7 Å². The zero-order chi connectivity index (χ0) is 12.0. The highest BCUT2D eigenvalue weighted by Gasteiger charge is 2.12. The molecule has 1 aromatic rings. The van der Waals surface area contributed by atoms with E-state index in [2.05, 4.69) is 43.3 Å². The Hall–Kier alpha value is -0.550. The van der Waals surface area contributed by atoms with Gasteiger partial charge in [-0.05, 0) is 6.92 Å². The van der Waals surface area contributed by atoms with Crippen LogP contribution in [0.5, 0.6) is 0 Å². The van der Waals surface area contributed by atoms with Gasteiger partial charge in [0.2, 0.25) is 0 Å². The summed E-state index contributed by atoms with van der Waals surface area (Å²) in [6, 6.07) is 0.535. The summed E-state index contributed by atoms with van der Waals surface area (Å²) >= 11 is 1.99. The molecule has 0 spiro atoms. The maximum Gasteiger partial charge on any atom is 0.0692 e. The van der Waals surface area contributed by atoms with E-state index in [0.29, 0.717) is 10.8 Å². The molecule has 0 fully saturated rings. The van der Waals surface area contributed by atoms with Crippen molar-refractivity contribution in [3.63, 3.8) is 0 Å². The molecule has 0 saturated carbocycles. The molecule has 1 atom stereocenters. The van der Waals surface area contributed by atoms with Crippen LogP contribution in [-0.4, -0.2) is 38.1 Å². The normalized spacial score (nSPS) is 14.0. The SMILES string of the molecule is CC(CSC(C)(C)C)NCCn1ccnn1. The molecule has 0 aliphatic carbocycles. The lowest BCUT2D eigenvalue weighted by atomic mass is 10.3. The predicted molar refractivity (Wildman–Crippen MR) is 69.7 cm³/mol. The van der Waals surface area contributed by atoms with Crippen LogP contribution in [0.3, 0.4) is 0 Å². The molecule has 4 nitrogen and oxygen atoms in total. The number of thioether (sulfide) groups is 1. The van der Waals surface area contributed by atoms with Gasteiger partial charge in [0.05, 0.1) is 12.7 Å². The van der Waals surface area contributed by atoms with Gasteiger partial charge in [0.1, 0.15) is 0 Å². The molecule has 16 heavy (non-hydrogen) atoms. The number of aromatic nitrogens is 3. The lowest BCUT2D eigenvalue weighted by Gasteiger charge is -2.21. The number of hydrogen-bond donors (Lipinski definition) is 1. The van der Waals surface area contributed by atoms with Gasteiger partial charge in [0, 0.05) is 29.3 Å². The molecule has 0 radical (unpaired) electrons. The topological polar surface area (TPSA) is 42.7 Å². The minimum atomic E-state index is 0.349. The predicted octanol–water partition coefficient (Wildman–Crippen LogP) is 1.79. The highest BCUT2D eigenvalue weighted by atomic mass is 32.2. The summed E-state index contributed by atoms with van der Waals surface area (Å²) in [5.74, 6) is 1.14. The fourth-order valence-corrected chi connectivity index (χ4v) is 2.08. The Morgan fingerprint density at radius 1 is 1.44 bits per heavy atom. The van der Waals surface area contributed by atoms with E-state index in [9.17, 15) is 0 Å². The van der Waals surface area contributed by atoms with Gasteiger partial charge in [-0.15, -0.1) is 5.10 Å². The van der Waals surface area contributed by atoms with E-state index in [0.717, 1.165) is 18.8 Å². The molecule has 0 saturated heterocycles. The van der Waals surface area contributed by atoms with Crippen molar-refractivity contribution in [2.24, 2.45) is 0 Å². The van der Waals surface area contributed by atoms with E-state index < -0.39 is 0 Å². The Balaban J connectivity index is 2.09. The van der Waals surface area contributed by atoms with E-state index >= 15 is 0 Å². The van der Waals surface area contributed by atoms with Crippen LogP contribution >= 0.6 is 11.8 Å². The van der Waals surface area contributed by atoms with Crippen molar-refractivity contribution >= 4 is 11.8 Å². The van der Waals surface area contributed by atoms with Crippen molar-refractivity contribution in [1.29, 1.82) is 0 Å². The summed E-state index contributed by atoms with van der Waals surface area (Å²) in [5, 5.41) is 11.2. The Kier molecular flexibility index (Phi) is 5.28. The molecule has 0 aliphatic rings. The highest BCUT2D eigenvalue weighted by molar-refractivity contribution is 8.00. The molecule has 92 valence electrons. The third-order valence-corrected chi connectivity index (χ3v) is 3.60. The zero-order valence-corrected chi connectivity index (χ0v) is 11.4. The van der Waals surface area contributed by atoms with Crippen LogP contribution in [0.4, 0.5) is 0 Å². The van der Waals surface area contributed by atoms with Gasteiger partial charge < -0.3 is 5.32 Å². The summed E-state index contributed by atoms with van der Waals surface area (Å²) < 4.78 is 2.19. The number of nitrogens with one attached hydrogen (secondary N) is 1. The van der Waals surface area contributed by atoms with E-state index in [1.165, 1.54) is 0 Å². The van der Waals surface area contributed by atoms with E-state index in [1.807, 2.05) is 22.6 Å². The van der Waals surface area contributed by atoms with Crippen LogP contribution in [-0.2, 0) is 6.54 Å². The second-order valence-electron chi connectivity index (χ2n) is 4.94. The molecular formula is C11H22N4S. The quantitative estimate of drug-likeness (QED) is 0.826. The van der Waals surface area contributed by atoms with Crippen LogP contribution in [0.2, 0.25) is 0 Å². The lowest BCUT2D eigenvalue weighted by molar-refractivity contribution is 0.509. The van der Waals surface area contributed by atoms with Crippen molar-refractivity contribution in [3.8, 4) is 0 Å². The molecule has 1 aromatic heterocycles. The molecule has 1 unspecified atom stereocenters. The first-order valence-corrected chi connectivity index (χ1v) is 6.67. The average Bonchev–Trinajstić information content (AvgIpc) is 2.66. The van der Waals surface area contributed by atoms with Crippen molar-refractivity contribution < 1.29 is 0 Å². The van der Waals surface area contributed by atoms with Crippen LogP contribution in [0.15, 0.2) is 12.4 Å². The highest BCUT2D eigenvalue weighted by Crippen LogP contribution is 2.23. The van der Waals surface area contributed by atoms with Crippen molar-refractivity contribution in [2.45, 2.75) is 45.0 Å². The van der Waals surface area contributed by atoms with Crippen LogP contribution in [0, 0.1) is 0 Å². The Labute approximate surface area is 102 Å². The summed E-state index contributed by atoms with van der Waals surface area (Å²) in [6.07, 6.45) is 3.59. The Morgan fingerprint density at radius 2 is 2.19 bits per heavy atom. The minimum absolute atomic E-state index is 0.349. The first-order valence-electron chi connectivity index (χ1n) is 5.69. The molecule has 0 amide bonds. The summed E-state index contributed by atoms with van der Waals surface area (Å²) in [7, 11) is 0. The number of nitrogens with zero attached hydrogens (tertiary/aromatic N) is 3. The third kappa shape index (κ3) is 6.12. The minimum Gasteiger partial charge on any atom is -0.312 e. The number of hydrogen-bond acceptors (Lipinski definition) is 4. The van der Waals surface area contributed by atoms with Crippen LogP contribution in [0.25, 0.3) is 0 Å². The van der Waals surface area contributed by atoms with E-state index in [1.54, 1.807) is 6.20 Å². The number of rotatable bonds is 6. The van der Waals surface area contributed by atoms with Gasteiger partial charge in [-0.1, -0.05) is 26.0 Å². The van der Waals surface area contributed by atoms with Gasteiger partial charge in [-0.25, -0.2) is 0 Å². The van der Waals surface area contributed by atoms with Crippen LogP contribution < -0.4 is 5.32 Å². The molecular weight excluding hydrogens is 220 g/mol. The van der Waals surface area contributed by atoms with E-state index in [4.69, 9.17) is 0 Å². The molecule has 1 N–H and O–H groups in total. The molecule has 5 heteroatoms. The summed E-state index contributed by atoms with van der Waals surface area (Å²) in [5.41, 5.74) is 0. The average molecular weight is 242 g/mol. The monoisotopic (exact) mass is 242 g/mol. The Bertz CT molecular complexity index is 279. The van der Waals surface area contributed by atoms with Gasteiger partial charge in [0.15, 0.2) is 0 Å². The van der Waals surface area contributed by atoms with E-state index in [-0.39, 0.29) is 0 Å². The summed E-state index contributed by atoms with van der Waals surface area (Å²) in [4.78, 5) is 0. The van der Waals surface area contributed by atoms with Crippen molar-refractivity contribution in [3.05, 3.63) is 12.4 Å². The fourth-order valence-electron chi connectivity index (χ4n) is 1.21. The standard InChI is InChI=1S/C11H22N4S/c1-10(9-16-11(2,3)4)12-5-7-15-8-6-13-14-15/h6,8,10,12H,5,7,9H2,1-4H3. The molecule has 0 aliphatic heterocycles. The maximum absolute atomic E-state index is 3.92. The van der Waals surface area contributed by atoms with Gasteiger partial charge in [0.25, 0.3) is 0 Å². The fraction of sp³-hybridized carbons (Fsp3) is 0.818. The maximum atomic E-state index is 3.92. The molecule has 0 bridgehead atoms. The van der Waals surface area contributed by atoms with Crippen molar-refractivity contribution in [2.75, 3.05) is 12.3 Å². The lowest BCUT2D eigenvalue weighted by Crippen LogP contribution is -2.32.